The molecule has 104 valence electrons. The van der Waals surface area contributed by atoms with Crippen molar-refractivity contribution in [1.82, 2.24) is 5.32 Å². The fourth-order valence-corrected chi connectivity index (χ4v) is 2.58. The van der Waals surface area contributed by atoms with Gasteiger partial charge in [0.15, 0.2) is 0 Å². The average Bonchev–Trinajstić information content (AvgIpc) is 2.28. The summed E-state index contributed by atoms with van der Waals surface area (Å²) in [7, 11) is 0. The molecule has 0 aliphatic carbocycles. The monoisotopic (exact) mass is 297 g/mol. The van der Waals surface area contributed by atoms with Gasteiger partial charge in [0.1, 0.15) is 4.32 Å². The van der Waals surface area contributed by atoms with Crippen molar-refractivity contribution in [3.05, 3.63) is 0 Å². The molecule has 0 aliphatic rings. The van der Waals surface area contributed by atoms with Gasteiger partial charge in [0, 0.05) is 12.3 Å². The van der Waals surface area contributed by atoms with Gasteiger partial charge in [-0.1, -0.05) is 76.4 Å². The third-order valence-electron chi connectivity index (χ3n) is 2.53. The number of thiocarbonyl (C=S) groups is 1. The highest BCUT2D eigenvalue weighted by Gasteiger charge is 1.96. The summed E-state index contributed by atoms with van der Waals surface area (Å²) < 4.78 is 0.994. The maximum absolute atomic E-state index is 5.26. The van der Waals surface area contributed by atoms with Crippen molar-refractivity contribution in [1.29, 1.82) is 0 Å². The molecule has 4 heteroatoms. The van der Waals surface area contributed by atoms with Gasteiger partial charge < -0.3 is 5.32 Å². The molecule has 0 saturated carbocycles. The fraction of sp³-hybridized carbons (Fsp3) is 0.923. The zero-order chi connectivity index (χ0) is 12.1. The molecule has 17 heavy (non-hydrogen) atoms. The van der Waals surface area contributed by atoms with Crippen LogP contribution in [0.15, 0.2) is 0 Å². The van der Waals surface area contributed by atoms with E-state index in [2.05, 4.69) is 19.2 Å². The van der Waals surface area contributed by atoms with Crippen LogP contribution in [0.3, 0.4) is 0 Å². The van der Waals surface area contributed by atoms with Gasteiger partial charge in [0.05, 0.1) is 0 Å². The smallest absolute Gasteiger partial charge is 0.133 e. The highest BCUT2D eigenvalue weighted by atomic mass is 35.5. The molecule has 1 N–H and O–H groups in total. The summed E-state index contributed by atoms with van der Waals surface area (Å²) in [5.74, 6) is 1.18. The molecule has 0 fully saturated rings. The number of unbranched alkanes of at least 4 members (excludes halogenated alkanes) is 6. The number of halogens is 1. The molecule has 0 heterocycles. The normalized spacial score (nSPS) is 9.76. The van der Waals surface area contributed by atoms with E-state index < -0.39 is 0 Å². The first-order chi connectivity index (χ1) is 7.81. The van der Waals surface area contributed by atoms with Crippen LogP contribution in [-0.4, -0.2) is 16.6 Å². The fourth-order valence-electron chi connectivity index (χ4n) is 1.49. The van der Waals surface area contributed by atoms with Crippen LogP contribution in [-0.2, 0) is 0 Å². The maximum Gasteiger partial charge on any atom is 0.133 e. The minimum Gasteiger partial charge on any atom is -0.371 e. The first kappa shape index (κ1) is 19.9. The molecule has 0 radical (unpaired) electrons. The second kappa shape index (κ2) is 16.5. The minimum absolute atomic E-state index is 0. The Hall–Kier alpha value is 0.530. The lowest BCUT2D eigenvalue weighted by Gasteiger charge is -2.06. The summed E-state index contributed by atoms with van der Waals surface area (Å²) in [6, 6.07) is 0. The van der Waals surface area contributed by atoms with Gasteiger partial charge in [-0.15, -0.1) is 12.4 Å². The molecular formula is C13H28ClNS2. The maximum atomic E-state index is 5.26. The Bertz CT molecular complexity index is 149. The number of hydrogen-bond donors (Lipinski definition) is 1. The second-order valence-corrected chi connectivity index (χ2v) is 5.96. The van der Waals surface area contributed by atoms with Crippen molar-refractivity contribution in [3.8, 4) is 0 Å². The van der Waals surface area contributed by atoms with Gasteiger partial charge in [-0.2, -0.15) is 0 Å². The van der Waals surface area contributed by atoms with E-state index in [-0.39, 0.29) is 12.4 Å². The van der Waals surface area contributed by atoms with Gasteiger partial charge in [0.2, 0.25) is 0 Å². The molecule has 0 unspecified atom stereocenters. The summed E-state index contributed by atoms with van der Waals surface area (Å²) in [5, 5.41) is 3.33. The molecule has 0 rings (SSSR count). The summed E-state index contributed by atoms with van der Waals surface area (Å²) in [4.78, 5) is 0. The minimum atomic E-state index is 0. The van der Waals surface area contributed by atoms with Crippen molar-refractivity contribution >= 4 is 40.7 Å². The van der Waals surface area contributed by atoms with Crippen LogP contribution in [0.5, 0.6) is 0 Å². The van der Waals surface area contributed by atoms with E-state index in [0.717, 1.165) is 10.9 Å². The van der Waals surface area contributed by atoms with Crippen LogP contribution in [0, 0.1) is 0 Å². The first-order valence-electron chi connectivity index (χ1n) is 6.71. The Morgan fingerprint density at radius 3 is 2.12 bits per heavy atom. The highest BCUT2D eigenvalue weighted by Crippen LogP contribution is 2.08. The quantitative estimate of drug-likeness (QED) is 0.441. The van der Waals surface area contributed by atoms with Crippen molar-refractivity contribution in [2.24, 2.45) is 0 Å². The molecule has 0 saturated heterocycles. The Labute approximate surface area is 123 Å². The van der Waals surface area contributed by atoms with Gasteiger partial charge in [-0.3, -0.25) is 0 Å². The standard InChI is InChI=1S/C13H27NS2.ClH/c1-3-5-7-9-11-14-13(15)16-12-10-8-6-4-2;/h3-12H2,1-2H3,(H,14,15);1H. The molecule has 0 aromatic rings. The van der Waals surface area contributed by atoms with E-state index in [4.69, 9.17) is 12.2 Å². The zero-order valence-electron chi connectivity index (χ0n) is 11.3. The number of thioether (sulfide) groups is 1. The van der Waals surface area contributed by atoms with E-state index in [1.54, 1.807) is 0 Å². The van der Waals surface area contributed by atoms with Gasteiger partial charge in [0.25, 0.3) is 0 Å². The highest BCUT2D eigenvalue weighted by molar-refractivity contribution is 8.22. The molecule has 0 aliphatic heterocycles. The predicted molar refractivity (Wildman–Crippen MR) is 88.6 cm³/mol. The van der Waals surface area contributed by atoms with Crippen molar-refractivity contribution in [2.75, 3.05) is 12.3 Å². The third kappa shape index (κ3) is 16.5. The van der Waals surface area contributed by atoms with Crippen molar-refractivity contribution in [2.45, 2.75) is 65.2 Å². The SMILES string of the molecule is CCCCCCNC(=S)SCCCCCC.Cl. The molecule has 0 amide bonds. The van der Waals surface area contributed by atoms with E-state index in [1.807, 2.05) is 11.8 Å². The van der Waals surface area contributed by atoms with Gasteiger partial charge in [-0.25, -0.2) is 0 Å². The average molecular weight is 298 g/mol. The molecule has 1 nitrogen and oxygen atoms in total. The summed E-state index contributed by atoms with van der Waals surface area (Å²) in [5.41, 5.74) is 0. The van der Waals surface area contributed by atoms with Crippen LogP contribution in [0.25, 0.3) is 0 Å². The summed E-state index contributed by atoms with van der Waals surface area (Å²) >= 11 is 7.07. The van der Waals surface area contributed by atoms with Crippen molar-refractivity contribution < 1.29 is 0 Å². The molecule has 0 aromatic heterocycles. The zero-order valence-corrected chi connectivity index (χ0v) is 13.7. The molecule has 0 aromatic carbocycles. The lowest BCUT2D eigenvalue weighted by atomic mass is 10.2. The molecule has 0 spiro atoms. The summed E-state index contributed by atoms with van der Waals surface area (Å²) in [6.45, 7) is 5.54. The van der Waals surface area contributed by atoms with Gasteiger partial charge >= 0.3 is 0 Å². The Balaban J connectivity index is 0. The lowest BCUT2D eigenvalue weighted by Crippen LogP contribution is -2.19. The van der Waals surface area contributed by atoms with Crippen LogP contribution in [0.4, 0.5) is 0 Å². The van der Waals surface area contributed by atoms with Crippen LogP contribution in [0.2, 0.25) is 0 Å². The van der Waals surface area contributed by atoms with E-state index in [0.29, 0.717) is 0 Å². The number of nitrogens with one attached hydrogen (secondary N) is 1. The van der Waals surface area contributed by atoms with Crippen LogP contribution < -0.4 is 5.32 Å². The van der Waals surface area contributed by atoms with E-state index in [9.17, 15) is 0 Å². The number of hydrogen-bond acceptors (Lipinski definition) is 2. The Morgan fingerprint density at radius 2 is 1.53 bits per heavy atom. The Morgan fingerprint density at radius 1 is 0.941 bits per heavy atom. The van der Waals surface area contributed by atoms with E-state index in [1.165, 1.54) is 57.1 Å². The first-order valence-corrected chi connectivity index (χ1v) is 8.11. The number of rotatable bonds is 10. The van der Waals surface area contributed by atoms with Gasteiger partial charge in [-0.05, 0) is 12.8 Å². The topological polar surface area (TPSA) is 12.0 Å². The molecule has 0 bridgehead atoms. The van der Waals surface area contributed by atoms with E-state index >= 15 is 0 Å². The third-order valence-corrected chi connectivity index (χ3v) is 3.93. The van der Waals surface area contributed by atoms with Crippen LogP contribution >= 0.6 is 36.4 Å². The molecule has 0 atom stereocenters. The second-order valence-electron chi connectivity index (χ2n) is 4.18. The molecular weight excluding hydrogens is 270 g/mol. The van der Waals surface area contributed by atoms with Crippen molar-refractivity contribution in [3.63, 3.8) is 0 Å². The largest absolute Gasteiger partial charge is 0.371 e. The summed E-state index contributed by atoms with van der Waals surface area (Å²) in [6.07, 6.45) is 10.5. The van der Waals surface area contributed by atoms with Crippen LogP contribution in [0.1, 0.15) is 65.2 Å². The Kier molecular flexibility index (Phi) is 19.3. The lowest BCUT2D eigenvalue weighted by molar-refractivity contribution is 0.657. The predicted octanol–water partition coefficient (Wildman–Crippen LogP) is 5.18.